The molecule has 6 heteroatoms. The normalized spacial score (nSPS) is 9.92. The number of benzene rings is 2. The summed E-state index contributed by atoms with van der Waals surface area (Å²) in [5.74, 6) is -0.342. The Morgan fingerprint density at radius 3 is 2.56 bits per heavy atom. The predicted octanol–water partition coefficient (Wildman–Crippen LogP) is 3.28. The highest BCUT2D eigenvalue weighted by Gasteiger charge is 2.09. The monoisotopic (exact) mass is 354 g/mol. The summed E-state index contributed by atoms with van der Waals surface area (Å²) < 4.78 is 5.14. The number of nitrogens with zero attached hydrogens (tertiary/aromatic N) is 1. The maximum atomic E-state index is 11.8. The van der Waals surface area contributed by atoms with Gasteiger partial charge in [-0.2, -0.15) is 5.26 Å². The van der Waals surface area contributed by atoms with Gasteiger partial charge in [-0.25, -0.2) is 0 Å². The van der Waals surface area contributed by atoms with Crippen LogP contribution < -0.4 is 5.32 Å². The van der Waals surface area contributed by atoms with Crippen LogP contribution in [0.15, 0.2) is 48.5 Å². The van der Waals surface area contributed by atoms with Crippen molar-refractivity contribution in [2.75, 3.05) is 16.8 Å². The third-order valence-electron chi connectivity index (χ3n) is 3.31. The van der Waals surface area contributed by atoms with Crippen LogP contribution in [0.2, 0.25) is 0 Å². The van der Waals surface area contributed by atoms with Gasteiger partial charge in [0, 0.05) is 11.3 Å². The first-order valence-corrected chi connectivity index (χ1v) is 8.82. The van der Waals surface area contributed by atoms with E-state index in [1.807, 2.05) is 31.2 Å². The van der Waals surface area contributed by atoms with Crippen LogP contribution in [-0.4, -0.2) is 23.4 Å². The molecule has 128 valence electrons. The number of thioether (sulfide) groups is 1. The standard InChI is InChI=1S/C19H18N2O3S/c1-14-6-8-17(9-7-14)21-18(22)12-25-13-19(23)24-11-16-5-3-2-4-15(16)10-20/h2-9H,11-13H2,1H3,(H,21,22). The number of amides is 1. The second kappa shape index (κ2) is 9.50. The highest BCUT2D eigenvalue weighted by Crippen LogP contribution is 2.11. The Hall–Kier alpha value is -2.78. The van der Waals surface area contributed by atoms with Gasteiger partial charge in [-0.05, 0) is 25.1 Å². The van der Waals surface area contributed by atoms with Crippen LogP contribution in [0, 0.1) is 18.3 Å². The van der Waals surface area contributed by atoms with Gasteiger partial charge in [0.25, 0.3) is 0 Å². The molecule has 1 N–H and O–H groups in total. The highest BCUT2D eigenvalue weighted by atomic mass is 32.2. The second-order valence-electron chi connectivity index (χ2n) is 5.34. The topological polar surface area (TPSA) is 79.2 Å². The Balaban J connectivity index is 1.69. The summed E-state index contributed by atoms with van der Waals surface area (Å²) >= 11 is 1.19. The average molecular weight is 354 g/mol. The summed E-state index contributed by atoms with van der Waals surface area (Å²) in [4.78, 5) is 23.6. The van der Waals surface area contributed by atoms with Gasteiger partial charge in [-0.15, -0.1) is 11.8 Å². The molecule has 0 spiro atoms. The van der Waals surface area contributed by atoms with E-state index < -0.39 is 5.97 Å². The zero-order valence-corrected chi connectivity index (χ0v) is 14.6. The number of rotatable bonds is 7. The summed E-state index contributed by atoms with van der Waals surface area (Å²) in [7, 11) is 0. The number of anilines is 1. The average Bonchev–Trinajstić information content (AvgIpc) is 2.62. The van der Waals surface area contributed by atoms with Crippen molar-refractivity contribution in [3.63, 3.8) is 0 Å². The molecule has 0 aliphatic carbocycles. The van der Waals surface area contributed by atoms with Crippen LogP contribution in [0.4, 0.5) is 5.69 Å². The minimum atomic E-state index is -0.416. The van der Waals surface area contributed by atoms with E-state index >= 15 is 0 Å². The Labute approximate surface area is 151 Å². The van der Waals surface area contributed by atoms with Crippen molar-refractivity contribution in [3.05, 3.63) is 65.2 Å². The molecule has 5 nitrogen and oxygen atoms in total. The maximum absolute atomic E-state index is 11.8. The number of carbonyl (C=O) groups excluding carboxylic acids is 2. The Bertz CT molecular complexity index is 782. The van der Waals surface area contributed by atoms with Crippen molar-refractivity contribution in [2.45, 2.75) is 13.5 Å². The van der Waals surface area contributed by atoms with Crippen LogP contribution in [0.1, 0.15) is 16.7 Å². The van der Waals surface area contributed by atoms with Gasteiger partial charge in [0.1, 0.15) is 6.61 Å². The van der Waals surface area contributed by atoms with Crippen molar-refractivity contribution >= 4 is 29.3 Å². The Kier molecular flexibility index (Phi) is 7.05. The first kappa shape index (κ1) is 18.6. The van der Waals surface area contributed by atoms with E-state index in [2.05, 4.69) is 11.4 Å². The van der Waals surface area contributed by atoms with E-state index in [0.29, 0.717) is 11.1 Å². The van der Waals surface area contributed by atoms with Crippen molar-refractivity contribution in [1.82, 2.24) is 0 Å². The minimum absolute atomic E-state index is 0.0543. The quantitative estimate of drug-likeness (QED) is 0.772. The summed E-state index contributed by atoms with van der Waals surface area (Å²) in [6, 6.07) is 16.5. The first-order valence-electron chi connectivity index (χ1n) is 7.66. The number of nitriles is 1. The number of hydrogen-bond acceptors (Lipinski definition) is 5. The zero-order chi connectivity index (χ0) is 18.1. The number of aryl methyl sites for hydroxylation is 1. The van der Waals surface area contributed by atoms with E-state index in [0.717, 1.165) is 11.3 Å². The zero-order valence-electron chi connectivity index (χ0n) is 13.8. The van der Waals surface area contributed by atoms with E-state index in [4.69, 9.17) is 10.00 Å². The third-order valence-corrected chi connectivity index (χ3v) is 4.22. The lowest BCUT2D eigenvalue weighted by atomic mass is 10.1. The van der Waals surface area contributed by atoms with Gasteiger partial charge in [0.15, 0.2) is 0 Å². The molecule has 2 aromatic rings. The van der Waals surface area contributed by atoms with Gasteiger partial charge in [-0.3, -0.25) is 9.59 Å². The van der Waals surface area contributed by atoms with Crippen molar-refractivity contribution in [1.29, 1.82) is 5.26 Å². The summed E-state index contributed by atoms with van der Waals surface area (Å²) in [6.07, 6.45) is 0. The van der Waals surface area contributed by atoms with E-state index in [1.54, 1.807) is 24.3 Å². The van der Waals surface area contributed by atoms with Gasteiger partial charge in [0.05, 0.1) is 23.1 Å². The predicted molar refractivity (Wildman–Crippen MR) is 98.1 cm³/mol. The van der Waals surface area contributed by atoms with Crippen molar-refractivity contribution in [3.8, 4) is 6.07 Å². The van der Waals surface area contributed by atoms with Gasteiger partial charge < -0.3 is 10.1 Å². The molecule has 0 aliphatic rings. The van der Waals surface area contributed by atoms with Gasteiger partial charge in [0.2, 0.25) is 5.91 Å². The smallest absolute Gasteiger partial charge is 0.316 e. The molecular formula is C19H18N2O3S. The molecule has 0 radical (unpaired) electrons. The number of hydrogen-bond donors (Lipinski definition) is 1. The molecule has 0 heterocycles. The minimum Gasteiger partial charge on any atom is -0.460 e. The molecule has 0 aromatic heterocycles. The number of esters is 1. The lowest BCUT2D eigenvalue weighted by molar-refractivity contribution is -0.141. The number of carbonyl (C=O) groups is 2. The third kappa shape index (κ3) is 6.32. The molecule has 0 saturated carbocycles. The largest absolute Gasteiger partial charge is 0.460 e. The Morgan fingerprint density at radius 2 is 1.84 bits per heavy atom. The van der Waals surface area contributed by atoms with Crippen LogP contribution in [0.3, 0.4) is 0 Å². The van der Waals surface area contributed by atoms with Crippen LogP contribution >= 0.6 is 11.8 Å². The van der Waals surface area contributed by atoms with Crippen LogP contribution in [-0.2, 0) is 20.9 Å². The van der Waals surface area contributed by atoms with Crippen molar-refractivity contribution < 1.29 is 14.3 Å². The summed E-state index contributed by atoms with van der Waals surface area (Å²) in [6.45, 7) is 2.03. The lowest BCUT2D eigenvalue weighted by Gasteiger charge is -2.07. The van der Waals surface area contributed by atoms with Crippen LogP contribution in [0.25, 0.3) is 0 Å². The van der Waals surface area contributed by atoms with Gasteiger partial charge in [-0.1, -0.05) is 35.9 Å². The number of ether oxygens (including phenoxy) is 1. The molecular weight excluding hydrogens is 336 g/mol. The van der Waals surface area contributed by atoms with Crippen LogP contribution in [0.5, 0.6) is 0 Å². The summed E-state index contributed by atoms with van der Waals surface area (Å²) in [5, 5.41) is 11.8. The number of nitrogens with one attached hydrogen (secondary N) is 1. The molecule has 0 saturated heterocycles. The molecule has 2 rings (SSSR count). The lowest BCUT2D eigenvalue weighted by Crippen LogP contribution is -2.16. The fourth-order valence-electron chi connectivity index (χ4n) is 2.02. The van der Waals surface area contributed by atoms with E-state index in [9.17, 15) is 9.59 Å². The van der Waals surface area contributed by atoms with Gasteiger partial charge >= 0.3 is 5.97 Å². The fourth-order valence-corrected chi connectivity index (χ4v) is 2.63. The van der Waals surface area contributed by atoms with E-state index in [1.165, 1.54) is 11.8 Å². The second-order valence-corrected chi connectivity index (χ2v) is 6.32. The molecule has 0 bridgehead atoms. The molecule has 0 unspecified atom stereocenters. The molecule has 0 fully saturated rings. The first-order chi connectivity index (χ1) is 12.1. The fraction of sp³-hybridized carbons (Fsp3) is 0.211. The highest BCUT2D eigenvalue weighted by molar-refractivity contribution is 8.00. The molecule has 1 amide bonds. The van der Waals surface area contributed by atoms with Crippen molar-refractivity contribution in [2.24, 2.45) is 0 Å². The molecule has 0 atom stereocenters. The molecule has 0 aliphatic heterocycles. The molecule has 2 aromatic carbocycles. The maximum Gasteiger partial charge on any atom is 0.316 e. The Morgan fingerprint density at radius 1 is 1.12 bits per heavy atom. The summed E-state index contributed by atoms with van der Waals surface area (Å²) in [5.41, 5.74) is 3.00. The SMILES string of the molecule is Cc1ccc(NC(=O)CSCC(=O)OCc2ccccc2C#N)cc1. The molecule has 25 heavy (non-hydrogen) atoms. The van der Waals surface area contributed by atoms with E-state index in [-0.39, 0.29) is 24.0 Å².